The van der Waals surface area contributed by atoms with Gasteiger partial charge in [0.15, 0.2) is 0 Å². The van der Waals surface area contributed by atoms with E-state index in [0.717, 1.165) is 18.4 Å². The van der Waals surface area contributed by atoms with Crippen molar-refractivity contribution in [3.05, 3.63) is 48.8 Å². The van der Waals surface area contributed by atoms with Crippen LogP contribution >= 0.6 is 0 Å². The molecule has 0 spiro atoms. The molecule has 0 atom stereocenters. The predicted molar refractivity (Wildman–Crippen MR) is 65.8 cm³/mol. The minimum Gasteiger partial charge on any atom is -0.317 e. The van der Waals surface area contributed by atoms with Gasteiger partial charge in [0, 0.05) is 37.4 Å². The van der Waals surface area contributed by atoms with E-state index in [4.69, 9.17) is 0 Å². The van der Waals surface area contributed by atoms with Gasteiger partial charge in [-0.15, -0.1) is 0 Å². The van der Waals surface area contributed by atoms with E-state index in [-0.39, 0.29) is 6.03 Å². The minimum atomic E-state index is -0.00758. The molecule has 3 rings (SSSR count). The SMILES string of the molecule is O=C(N(Cc1ccncc1)C1CC1)n1ccnc1. The van der Waals surface area contributed by atoms with E-state index in [0.29, 0.717) is 12.6 Å². The Morgan fingerprint density at radius 2 is 2.06 bits per heavy atom. The zero-order valence-corrected chi connectivity index (χ0v) is 9.94. The quantitative estimate of drug-likeness (QED) is 0.826. The molecule has 2 aromatic rings. The fourth-order valence-electron chi connectivity index (χ4n) is 1.94. The van der Waals surface area contributed by atoms with Gasteiger partial charge >= 0.3 is 6.03 Å². The lowest BCUT2D eigenvalue weighted by molar-refractivity contribution is 0.193. The molecule has 0 radical (unpaired) electrons. The molecule has 1 amide bonds. The summed E-state index contributed by atoms with van der Waals surface area (Å²) in [5.74, 6) is 0. The van der Waals surface area contributed by atoms with Crippen LogP contribution in [0.5, 0.6) is 0 Å². The van der Waals surface area contributed by atoms with Gasteiger partial charge in [0.05, 0.1) is 0 Å². The smallest absolute Gasteiger partial charge is 0.317 e. The third kappa shape index (κ3) is 2.25. The molecule has 92 valence electrons. The fraction of sp³-hybridized carbons (Fsp3) is 0.308. The number of carbonyl (C=O) groups excluding carboxylic acids is 1. The van der Waals surface area contributed by atoms with Crippen LogP contribution in [0.3, 0.4) is 0 Å². The highest BCUT2D eigenvalue weighted by Crippen LogP contribution is 2.28. The zero-order valence-electron chi connectivity index (χ0n) is 9.94. The first-order valence-corrected chi connectivity index (χ1v) is 6.02. The molecule has 1 fully saturated rings. The van der Waals surface area contributed by atoms with Gasteiger partial charge in [-0.3, -0.25) is 9.55 Å². The summed E-state index contributed by atoms with van der Waals surface area (Å²) in [6, 6.07) is 4.24. The number of aromatic nitrogens is 3. The average Bonchev–Trinajstić information content (AvgIpc) is 3.10. The van der Waals surface area contributed by atoms with Crippen LogP contribution in [0.15, 0.2) is 43.2 Å². The van der Waals surface area contributed by atoms with Crippen molar-refractivity contribution in [2.45, 2.75) is 25.4 Å². The van der Waals surface area contributed by atoms with E-state index < -0.39 is 0 Å². The van der Waals surface area contributed by atoms with Crippen LogP contribution in [0.4, 0.5) is 4.79 Å². The topological polar surface area (TPSA) is 51.0 Å². The van der Waals surface area contributed by atoms with Crippen LogP contribution in [-0.4, -0.2) is 31.5 Å². The van der Waals surface area contributed by atoms with Crippen molar-refractivity contribution in [1.82, 2.24) is 19.4 Å². The van der Waals surface area contributed by atoms with Crippen LogP contribution in [-0.2, 0) is 6.54 Å². The molecule has 0 bridgehead atoms. The Bertz CT molecular complexity index is 519. The fourth-order valence-corrected chi connectivity index (χ4v) is 1.94. The Hall–Kier alpha value is -2.17. The lowest BCUT2D eigenvalue weighted by atomic mass is 10.2. The van der Waals surface area contributed by atoms with Crippen molar-refractivity contribution < 1.29 is 4.79 Å². The van der Waals surface area contributed by atoms with Crippen LogP contribution in [0.25, 0.3) is 0 Å². The molecule has 5 nitrogen and oxygen atoms in total. The number of nitrogens with zero attached hydrogens (tertiary/aromatic N) is 4. The molecule has 18 heavy (non-hydrogen) atoms. The Kier molecular flexibility index (Phi) is 2.80. The summed E-state index contributed by atoms with van der Waals surface area (Å²) < 4.78 is 1.53. The lowest BCUT2D eigenvalue weighted by Crippen LogP contribution is -2.35. The van der Waals surface area contributed by atoms with Gasteiger partial charge in [-0.25, -0.2) is 9.78 Å². The van der Waals surface area contributed by atoms with Gasteiger partial charge in [-0.05, 0) is 30.5 Å². The molecule has 2 heterocycles. The van der Waals surface area contributed by atoms with Gasteiger partial charge in [0.25, 0.3) is 0 Å². The Labute approximate surface area is 105 Å². The normalized spacial score (nSPS) is 14.4. The molecule has 2 aromatic heterocycles. The van der Waals surface area contributed by atoms with E-state index in [1.54, 1.807) is 31.1 Å². The highest BCUT2D eigenvalue weighted by molar-refractivity contribution is 5.77. The molecule has 5 heteroatoms. The van der Waals surface area contributed by atoms with E-state index in [1.807, 2.05) is 17.0 Å². The van der Waals surface area contributed by atoms with Crippen LogP contribution < -0.4 is 0 Å². The number of hydrogen-bond donors (Lipinski definition) is 0. The van der Waals surface area contributed by atoms with Gasteiger partial charge in [0.2, 0.25) is 0 Å². The van der Waals surface area contributed by atoms with E-state index in [9.17, 15) is 4.79 Å². The van der Waals surface area contributed by atoms with Crippen molar-refractivity contribution in [2.75, 3.05) is 0 Å². The summed E-state index contributed by atoms with van der Waals surface area (Å²) in [7, 11) is 0. The Morgan fingerprint density at radius 3 is 2.67 bits per heavy atom. The highest BCUT2D eigenvalue weighted by atomic mass is 16.2. The monoisotopic (exact) mass is 242 g/mol. The summed E-state index contributed by atoms with van der Waals surface area (Å²) in [5.41, 5.74) is 1.10. The zero-order chi connectivity index (χ0) is 12.4. The molecule has 0 aromatic carbocycles. The van der Waals surface area contributed by atoms with Crippen molar-refractivity contribution >= 4 is 6.03 Å². The summed E-state index contributed by atoms with van der Waals surface area (Å²) in [5, 5.41) is 0. The lowest BCUT2D eigenvalue weighted by Gasteiger charge is -2.22. The van der Waals surface area contributed by atoms with Gasteiger partial charge in [0.1, 0.15) is 6.33 Å². The summed E-state index contributed by atoms with van der Waals surface area (Å²) >= 11 is 0. The Morgan fingerprint density at radius 1 is 1.28 bits per heavy atom. The van der Waals surface area contributed by atoms with Crippen molar-refractivity contribution in [1.29, 1.82) is 0 Å². The first-order chi connectivity index (χ1) is 8.84. The second kappa shape index (κ2) is 4.60. The molecule has 0 saturated heterocycles. The maximum atomic E-state index is 12.3. The first kappa shape index (κ1) is 11.0. The molecular weight excluding hydrogens is 228 g/mol. The number of rotatable bonds is 3. The minimum absolute atomic E-state index is 0.00758. The van der Waals surface area contributed by atoms with Gasteiger partial charge in [-0.2, -0.15) is 0 Å². The number of imidazole rings is 1. The second-order valence-electron chi connectivity index (χ2n) is 4.47. The van der Waals surface area contributed by atoms with Gasteiger partial charge in [-0.1, -0.05) is 0 Å². The average molecular weight is 242 g/mol. The standard InChI is InChI=1S/C13H14N4O/c18-13(16-8-7-15-10-16)17(12-1-2-12)9-11-3-5-14-6-4-11/h3-8,10,12H,1-2,9H2. The molecule has 1 saturated carbocycles. The van der Waals surface area contributed by atoms with Crippen molar-refractivity contribution in [3.8, 4) is 0 Å². The summed E-state index contributed by atoms with van der Waals surface area (Å²) in [4.78, 5) is 22.1. The molecule has 0 aliphatic heterocycles. The van der Waals surface area contributed by atoms with Gasteiger partial charge < -0.3 is 4.90 Å². The molecule has 0 N–H and O–H groups in total. The van der Waals surface area contributed by atoms with Crippen LogP contribution in [0, 0.1) is 0 Å². The third-order valence-corrected chi connectivity index (χ3v) is 3.06. The number of carbonyl (C=O) groups is 1. The molecule has 1 aliphatic carbocycles. The van der Waals surface area contributed by atoms with E-state index >= 15 is 0 Å². The molecule has 0 unspecified atom stereocenters. The predicted octanol–water partition coefficient (Wildman–Crippen LogP) is 1.91. The largest absolute Gasteiger partial charge is 0.329 e. The number of hydrogen-bond acceptors (Lipinski definition) is 3. The third-order valence-electron chi connectivity index (χ3n) is 3.06. The molecular formula is C13H14N4O. The van der Waals surface area contributed by atoms with E-state index in [1.165, 1.54) is 4.57 Å². The molecule has 1 aliphatic rings. The maximum absolute atomic E-state index is 12.3. The first-order valence-electron chi connectivity index (χ1n) is 6.02. The van der Waals surface area contributed by atoms with E-state index in [2.05, 4.69) is 9.97 Å². The highest BCUT2D eigenvalue weighted by Gasteiger charge is 2.33. The van der Waals surface area contributed by atoms with Crippen molar-refractivity contribution in [2.24, 2.45) is 0 Å². The Balaban J connectivity index is 1.79. The van der Waals surface area contributed by atoms with Crippen LogP contribution in [0.2, 0.25) is 0 Å². The summed E-state index contributed by atoms with van der Waals surface area (Å²) in [6.07, 6.45) is 10.5. The number of pyridine rings is 1. The maximum Gasteiger partial charge on any atom is 0.329 e. The van der Waals surface area contributed by atoms with Crippen molar-refractivity contribution in [3.63, 3.8) is 0 Å². The summed E-state index contributed by atoms with van der Waals surface area (Å²) in [6.45, 7) is 0.629. The second-order valence-corrected chi connectivity index (χ2v) is 4.47. The number of amides is 1. The van der Waals surface area contributed by atoms with Crippen LogP contribution in [0.1, 0.15) is 18.4 Å².